The van der Waals surface area contributed by atoms with Crippen molar-refractivity contribution in [3.8, 4) is 0 Å². The topological polar surface area (TPSA) is 38.9 Å². The summed E-state index contributed by atoms with van der Waals surface area (Å²) in [5.41, 5.74) is 7.73. The average Bonchev–Trinajstić information content (AvgIpc) is 2.71. The van der Waals surface area contributed by atoms with E-state index in [-0.39, 0.29) is 0 Å². The van der Waals surface area contributed by atoms with Gasteiger partial charge in [0.05, 0.1) is 15.2 Å². The molecule has 92 valence electrons. The van der Waals surface area contributed by atoms with E-state index in [2.05, 4.69) is 13.8 Å². The van der Waals surface area contributed by atoms with Crippen LogP contribution in [0.5, 0.6) is 0 Å². The van der Waals surface area contributed by atoms with E-state index in [1.54, 1.807) is 0 Å². The first-order valence-electron chi connectivity index (χ1n) is 6.40. The minimum atomic E-state index is 0.628. The van der Waals surface area contributed by atoms with Gasteiger partial charge in [-0.3, -0.25) is 0 Å². The summed E-state index contributed by atoms with van der Waals surface area (Å²) in [6.07, 6.45) is 4.93. The number of nitrogens with two attached hydrogens (primary N) is 1. The lowest BCUT2D eigenvalue weighted by molar-refractivity contribution is 0.559. The van der Waals surface area contributed by atoms with Gasteiger partial charge < -0.3 is 5.73 Å². The van der Waals surface area contributed by atoms with Crippen LogP contribution in [-0.2, 0) is 0 Å². The zero-order valence-electron chi connectivity index (χ0n) is 10.6. The van der Waals surface area contributed by atoms with Gasteiger partial charge in [-0.05, 0) is 31.0 Å². The van der Waals surface area contributed by atoms with Gasteiger partial charge in [-0.1, -0.05) is 26.7 Å². The fourth-order valence-corrected chi connectivity index (χ4v) is 3.41. The monoisotopic (exact) mass is 248 g/mol. The predicted molar refractivity (Wildman–Crippen MR) is 76.6 cm³/mol. The van der Waals surface area contributed by atoms with Gasteiger partial charge in [-0.15, -0.1) is 11.3 Å². The number of fused-ring (bicyclic) bond motifs is 1. The maximum absolute atomic E-state index is 5.81. The second-order valence-electron chi connectivity index (χ2n) is 4.55. The molecule has 0 unspecified atom stereocenters. The van der Waals surface area contributed by atoms with E-state index in [4.69, 9.17) is 10.7 Å². The Labute approximate surface area is 107 Å². The first kappa shape index (κ1) is 12.4. The van der Waals surface area contributed by atoms with Crippen LogP contribution in [-0.4, -0.2) is 4.98 Å². The second-order valence-corrected chi connectivity index (χ2v) is 5.62. The first-order chi connectivity index (χ1) is 8.24. The highest BCUT2D eigenvalue weighted by molar-refractivity contribution is 7.18. The Balaban J connectivity index is 2.33. The SMILES string of the molecule is CCCC(CCC)c1nc2ccc(N)cc2s1. The number of aromatic nitrogens is 1. The van der Waals surface area contributed by atoms with Crippen LogP contribution < -0.4 is 5.73 Å². The van der Waals surface area contributed by atoms with Crippen LogP contribution >= 0.6 is 11.3 Å². The van der Waals surface area contributed by atoms with E-state index in [1.165, 1.54) is 35.4 Å². The quantitative estimate of drug-likeness (QED) is 0.788. The maximum Gasteiger partial charge on any atom is 0.0969 e. The lowest BCUT2D eigenvalue weighted by atomic mass is 9.99. The molecule has 0 atom stereocenters. The highest BCUT2D eigenvalue weighted by atomic mass is 32.1. The molecule has 2 aromatic rings. The van der Waals surface area contributed by atoms with Gasteiger partial charge in [0.1, 0.15) is 0 Å². The van der Waals surface area contributed by atoms with Crippen LogP contribution in [0.25, 0.3) is 10.2 Å². The van der Waals surface area contributed by atoms with Crippen LogP contribution in [0.2, 0.25) is 0 Å². The number of nitrogen functional groups attached to an aromatic ring is 1. The Morgan fingerprint density at radius 1 is 1.24 bits per heavy atom. The molecule has 0 saturated heterocycles. The zero-order valence-corrected chi connectivity index (χ0v) is 11.4. The van der Waals surface area contributed by atoms with Crippen molar-refractivity contribution in [2.24, 2.45) is 0 Å². The Morgan fingerprint density at radius 3 is 2.59 bits per heavy atom. The Kier molecular flexibility index (Phi) is 4.00. The zero-order chi connectivity index (χ0) is 12.3. The molecule has 2 rings (SSSR count). The van der Waals surface area contributed by atoms with Crippen molar-refractivity contribution in [3.05, 3.63) is 23.2 Å². The number of benzene rings is 1. The molecule has 17 heavy (non-hydrogen) atoms. The van der Waals surface area contributed by atoms with E-state index in [0.717, 1.165) is 11.2 Å². The molecule has 0 saturated carbocycles. The number of hydrogen-bond acceptors (Lipinski definition) is 3. The molecular formula is C14H20N2S. The summed E-state index contributed by atoms with van der Waals surface area (Å²) in [5, 5.41) is 1.29. The summed E-state index contributed by atoms with van der Waals surface area (Å²) in [5.74, 6) is 0.628. The number of nitrogens with zero attached hydrogens (tertiary/aromatic N) is 1. The molecule has 0 aliphatic rings. The molecule has 1 heterocycles. The van der Waals surface area contributed by atoms with Crippen molar-refractivity contribution in [2.75, 3.05) is 5.73 Å². The predicted octanol–water partition coefficient (Wildman–Crippen LogP) is 4.56. The molecule has 3 heteroatoms. The summed E-state index contributed by atoms with van der Waals surface area (Å²) >= 11 is 1.81. The third-order valence-electron chi connectivity index (χ3n) is 3.05. The number of anilines is 1. The summed E-state index contributed by atoms with van der Waals surface area (Å²) < 4.78 is 1.22. The number of rotatable bonds is 5. The van der Waals surface area contributed by atoms with E-state index in [0.29, 0.717) is 5.92 Å². The molecule has 2 nitrogen and oxygen atoms in total. The normalized spacial score (nSPS) is 11.5. The highest BCUT2D eigenvalue weighted by Crippen LogP contribution is 2.33. The Morgan fingerprint density at radius 2 is 1.94 bits per heavy atom. The summed E-state index contributed by atoms with van der Waals surface area (Å²) in [6.45, 7) is 4.49. The van der Waals surface area contributed by atoms with Crippen molar-refractivity contribution in [1.82, 2.24) is 4.98 Å². The first-order valence-corrected chi connectivity index (χ1v) is 7.22. The fourth-order valence-electron chi connectivity index (χ4n) is 2.22. The van der Waals surface area contributed by atoms with Crippen molar-refractivity contribution in [2.45, 2.75) is 45.4 Å². The van der Waals surface area contributed by atoms with Crippen LogP contribution in [0, 0.1) is 0 Å². The van der Waals surface area contributed by atoms with Crippen molar-refractivity contribution in [1.29, 1.82) is 0 Å². The molecule has 0 radical (unpaired) electrons. The van der Waals surface area contributed by atoms with Gasteiger partial charge in [0, 0.05) is 11.6 Å². The summed E-state index contributed by atoms with van der Waals surface area (Å²) in [7, 11) is 0. The Hall–Kier alpha value is -1.09. The Bertz CT molecular complexity index is 484. The number of thiazole rings is 1. The van der Waals surface area contributed by atoms with E-state index >= 15 is 0 Å². The lowest BCUT2D eigenvalue weighted by Crippen LogP contribution is -1.97. The largest absolute Gasteiger partial charge is 0.399 e. The van der Waals surface area contributed by atoms with Crippen LogP contribution in [0.4, 0.5) is 5.69 Å². The van der Waals surface area contributed by atoms with E-state index in [1.807, 2.05) is 29.5 Å². The molecule has 2 N–H and O–H groups in total. The minimum Gasteiger partial charge on any atom is -0.399 e. The molecule has 0 aliphatic carbocycles. The maximum atomic E-state index is 5.81. The summed E-state index contributed by atoms with van der Waals surface area (Å²) in [6, 6.07) is 5.99. The molecule has 0 amide bonds. The van der Waals surface area contributed by atoms with Crippen LogP contribution in [0.1, 0.15) is 50.5 Å². The van der Waals surface area contributed by atoms with Crippen molar-refractivity contribution < 1.29 is 0 Å². The van der Waals surface area contributed by atoms with Crippen LogP contribution in [0.3, 0.4) is 0 Å². The lowest BCUT2D eigenvalue weighted by Gasteiger charge is -2.11. The van der Waals surface area contributed by atoms with Gasteiger partial charge in [-0.25, -0.2) is 4.98 Å². The molecule has 0 spiro atoms. The third kappa shape index (κ3) is 2.78. The average molecular weight is 248 g/mol. The van der Waals surface area contributed by atoms with Gasteiger partial charge in [0.15, 0.2) is 0 Å². The van der Waals surface area contributed by atoms with Gasteiger partial charge in [0.2, 0.25) is 0 Å². The smallest absolute Gasteiger partial charge is 0.0969 e. The van der Waals surface area contributed by atoms with Gasteiger partial charge in [0.25, 0.3) is 0 Å². The fraction of sp³-hybridized carbons (Fsp3) is 0.500. The van der Waals surface area contributed by atoms with Gasteiger partial charge >= 0.3 is 0 Å². The molecule has 1 aromatic heterocycles. The standard InChI is InChI=1S/C14H20N2S/c1-3-5-10(6-4-2)14-16-12-8-7-11(15)9-13(12)17-14/h7-10H,3-6,15H2,1-2H3. The second kappa shape index (κ2) is 5.50. The van der Waals surface area contributed by atoms with Crippen molar-refractivity contribution in [3.63, 3.8) is 0 Å². The minimum absolute atomic E-state index is 0.628. The number of hydrogen-bond donors (Lipinski definition) is 1. The van der Waals surface area contributed by atoms with Crippen molar-refractivity contribution >= 4 is 27.2 Å². The molecular weight excluding hydrogens is 228 g/mol. The van der Waals surface area contributed by atoms with E-state index in [9.17, 15) is 0 Å². The molecule has 0 bridgehead atoms. The molecule has 0 aliphatic heterocycles. The van der Waals surface area contributed by atoms with Crippen LogP contribution in [0.15, 0.2) is 18.2 Å². The highest BCUT2D eigenvalue weighted by Gasteiger charge is 2.14. The summed E-state index contributed by atoms with van der Waals surface area (Å²) in [4.78, 5) is 4.75. The molecule has 1 aromatic carbocycles. The van der Waals surface area contributed by atoms with E-state index < -0.39 is 0 Å². The van der Waals surface area contributed by atoms with Gasteiger partial charge in [-0.2, -0.15) is 0 Å². The third-order valence-corrected chi connectivity index (χ3v) is 4.23. The molecule has 0 fully saturated rings.